The molecule has 0 aliphatic rings. The predicted octanol–water partition coefficient (Wildman–Crippen LogP) is -0.767. The second kappa shape index (κ2) is 8.82. The summed E-state index contributed by atoms with van der Waals surface area (Å²) in [6, 6.07) is 0. The van der Waals surface area contributed by atoms with Crippen LogP contribution in [-0.4, -0.2) is 9.45 Å². The maximum absolute atomic E-state index is 4.80. The standard InChI is InChI=1S/2B.Cr.Zr. The Morgan fingerprint density at radius 2 is 1.25 bits per heavy atom. The molecule has 0 aromatic carbocycles. The molecular formula is B2CrZr. The molecule has 0 aromatic heterocycles. The van der Waals surface area contributed by atoms with Crippen LogP contribution in [0.25, 0.3) is 0 Å². The van der Waals surface area contributed by atoms with E-state index in [0.717, 1.165) is 0 Å². The van der Waals surface area contributed by atoms with Crippen molar-refractivity contribution in [2.75, 3.05) is 0 Å². The third-order valence-corrected chi connectivity index (χ3v) is 0. The van der Waals surface area contributed by atoms with E-state index in [2.05, 4.69) is 0 Å². The predicted molar refractivity (Wildman–Crippen MR) is 11.5 cm³/mol. The fourth-order valence-electron chi connectivity index (χ4n) is 0. The topological polar surface area (TPSA) is 0 Å². The van der Waals surface area contributed by atoms with Crippen molar-refractivity contribution in [1.29, 1.82) is 0 Å². The first-order valence-corrected chi connectivity index (χ1v) is 3.42. The second-order valence-electron chi connectivity index (χ2n) is 0.167. The second-order valence-corrected chi connectivity index (χ2v) is 0.986. The largest absolute Gasteiger partial charge is 0 e. The van der Waals surface area contributed by atoms with Gasteiger partial charge in [-0.05, 0) is 0 Å². The Labute approximate surface area is 47.9 Å². The van der Waals surface area contributed by atoms with Crippen molar-refractivity contribution < 1.29 is 38.7 Å². The van der Waals surface area contributed by atoms with Gasteiger partial charge in [-0.15, -0.1) is 0 Å². The van der Waals surface area contributed by atoms with Crippen LogP contribution in [0.15, 0.2) is 0 Å². The van der Waals surface area contributed by atoms with Gasteiger partial charge in [-0.25, -0.2) is 0 Å². The van der Waals surface area contributed by atoms with Crippen LogP contribution in [0.1, 0.15) is 0 Å². The van der Waals surface area contributed by atoms with Crippen molar-refractivity contribution in [1.82, 2.24) is 0 Å². The molecule has 0 nitrogen and oxygen atoms in total. The fraction of sp³-hybridized carbons (Fsp3) is 0. The maximum atomic E-state index is 4.80. The van der Waals surface area contributed by atoms with Gasteiger partial charge >= 0.3 is 30.8 Å². The van der Waals surface area contributed by atoms with Crippen LogP contribution in [0.2, 0.25) is 0 Å². The summed E-state index contributed by atoms with van der Waals surface area (Å²) in [6.07, 6.45) is 0. The Hall–Kier alpha value is 1.55. The monoisotopic (exact) mass is 164 g/mol. The van der Waals surface area contributed by atoms with Crippen molar-refractivity contribution in [3.8, 4) is 0 Å². The molecule has 4 heavy (non-hydrogen) atoms. The quantitative estimate of drug-likeness (QED) is 0.413. The summed E-state index contributed by atoms with van der Waals surface area (Å²) in [6.45, 7) is 0. The van der Waals surface area contributed by atoms with Gasteiger partial charge < -0.3 is 0 Å². The van der Waals surface area contributed by atoms with Crippen LogP contribution in [0.4, 0.5) is 0 Å². The van der Waals surface area contributed by atoms with Gasteiger partial charge in [-0.1, -0.05) is 0 Å². The molecule has 0 heterocycles. The van der Waals surface area contributed by atoms with Gasteiger partial charge in [0.25, 0.3) is 0 Å². The van der Waals surface area contributed by atoms with Gasteiger partial charge in [-0.3, -0.25) is 0 Å². The number of rotatable bonds is 0. The Bertz CT molecular complexity index is 79.2. The molecular weight excluding hydrogens is 165 g/mol. The molecule has 0 bridgehead atoms. The molecule has 0 N–H and O–H groups in total. The molecule has 0 fully saturated rings. The van der Waals surface area contributed by atoms with Crippen molar-refractivity contribution in [2.45, 2.75) is 0 Å². The zero-order chi connectivity index (χ0) is 2.71. The van der Waals surface area contributed by atoms with Gasteiger partial charge in [0.15, 0.2) is 0 Å². The number of hydrogen-bond acceptors (Lipinski definition) is 0. The van der Waals surface area contributed by atoms with Crippen LogP contribution in [-0.2, 0) is 38.7 Å². The Balaban J connectivity index is 0. The van der Waals surface area contributed by atoms with E-state index in [-0.39, 0.29) is 17.4 Å². The minimum Gasteiger partial charge on any atom is 0 e. The summed E-state index contributed by atoms with van der Waals surface area (Å²) < 4.78 is 9.59. The summed E-state index contributed by atoms with van der Waals surface area (Å²) in [4.78, 5) is 0. The zero-order valence-electron chi connectivity index (χ0n) is 2.06. The Kier molecular flexibility index (Phi) is 20.1. The van der Waals surface area contributed by atoms with Crippen molar-refractivity contribution in [3.05, 3.63) is 0 Å². The third kappa shape index (κ3) is 9.62. The summed E-state index contributed by atoms with van der Waals surface area (Å²) in [5, 5.41) is 0. The van der Waals surface area contributed by atoms with Gasteiger partial charge in [-0.2, -0.15) is 0 Å². The van der Waals surface area contributed by atoms with Crippen molar-refractivity contribution in [2.24, 2.45) is 0 Å². The van der Waals surface area contributed by atoms with E-state index < -0.39 is 21.3 Å². The molecule has 0 aromatic rings. The van der Waals surface area contributed by atoms with Crippen molar-refractivity contribution in [3.63, 3.8) is 0 Å². The van der Waals surface area contributed by atoms with E-state index in [4.69, 9.17) is 9.45 Å². The van der Waals surface area contributed by atoms with Gasteiger partial charge in [0, 0.05) is 17.4 Å². The molecule has 0 aliphatic heterocycles. The van der Waals surface area contributed by atoms with E-state index in [0.29, 0.717) is 0 Å². The van der Waals surface area contributed by atoms with Gasteiger partial charge in [0.2, 0.25) is 0 Å². The van der Waals surface area contributed by atoms with E-state index in [1.807, 2.05) is 0 Å². The average Bonchev–Trinajstić information content (AvgIpc) is 0.918. The molecule has 0 rings (SSSR count). The molecule has 0 atom stereocenters. The molecule has 0 saturated carbocycles. The van der Waals surface area contributed by atoms with E-state index >= 15 is 0 Å². The Morgan fingerprint density at radius 3 is 1.25 bits per heavy atom. The summed E-state index contributed by atoms with van der Waals surface area (Å²) in [7, 11) is 0. The van der Waals surface area contributed by atoms with Crippen LogP contribution < -0.4 is 0 Å². The van der Waals surface area contributed by atoms with Crippen LogP contribution in [0.5, 0.6) is 0 Å². The van der Waals surface area contributed by atoms with Crippen LogP contribution in [0.3, 0.4) is 0 Å². The van der Waals surface area contributed by atoms with Crippen LogP contribution in [0, 0.1) is 0 Å². The smallest absolute Gasteiger partial charge is 0 e. The first kappa shape index (κ1) is 9.11. The van der Waals surface area contributed by atoms with E-state index in [1.165, 1.54) is 0 Å². The molecule has 0 saturated heterocycles. The average molecular weight is 165 g/mol. The molecule has 0 amide bonds. The van der Waals surface area contributed by atoms with Gasteiger partial charge in [0.05, 0.1) is 0 Å². The van der Waals surface area contributed by atoms with E-state index in [9.17, 15) is 0 Å². The third-order valence-electron chi connectivity index (χ3n) is 0. The van der Waals surface area contributed by atoms with Crippen LogP contribution >= 0.6 is 0 Å². The van der Waals surface area contributed by atoms with E-state index in [1.54, 1.807) is 0 Å². The first-order valence-electron chi connectivity index (χ1n) is 0.577. The van der Waals surface area contributed by atoms with Crippen molar-refractivity contribution >= 4 is 9.45 Å². The molecule has 4 heteroatoms. The maximum Gasteiger partial charge on any atom is 0 e. The molecule has 0 unspecified atom stereocenters. The number of hydrogen-bond donors (Lipinski definition) is 0. The fourth-order valence-corrected chi connectivity index (χ4v) is 0. The van der Waals surface area contributed by atoms with Gasteiger partial charge in [0.1, 0.15) is 0 Å². The summed E-state index contributed by atoms with van der Waals surface area (Å²) in [5.74, 6) is 0. The minimum atomic E-state index is -0.770. The first-order chi connectivity index (χ1) is 1.41. The molecule has 0 aliphatic carbocycles. The summed E-state index contributed by atoms with van der Waals surface area (Å²) in [5.41, 5.74) is 0. The SMILES string of the molecule is [B]#[Zr]#[B].[Cr]. The Morgan fingerprint density at radius 1 is 1.25 bits per heavy atom. The molecule has 16 valence electrons. The molecule has 0 radical (unpaired) electrons. The summed E-state index contributed by atoms with van der Waals surface area (Å²) >= 11 is -0.770. The minimum absolute atomic E-state index is 0. The zero-order valence-corrected chi connectivity index (χ0v) is 5.80. The normalized spacial score (nSPS) is 6.00. The molecule has 0 spiro atoms.